The van der Waals surface area contributed by atoms with E-state index in [1.807, 2.05) is 50.8 Å². The molecule has 4 heteroatoms. The molecule has 0 saturated carbocycles. The summed E-state index contributed by atoms with van der Waals surface area (Å²) in [6, 6.07) is 6.01. The zero-order chi connectivity index (χ0) is 12.8. The van der Waals surface area contributed by atoms with Crippen LogP contribution in [0.1, 0.15) is 26.5 Å². The Morgan fingerprint density at radius 2 is 2.18 bits per heavy atom. The number of aromatic nitrogens is 1. The van der Waals surface area contributed by atoms with E-state index in [4.69, 9.17) is 0 Å². The van der Waals surface area contributed by atoms with Crippen LogP contribution in [0.25, 0.3) is 0 Å². The second kappa shape index (κ2) is 6.23. The molecule has 1 aromatic rings. The molecule has 0 atom stereocenters. The lowest BCUT2D eigenvalue weighted by atomic mass is 10.3. The van der Waals surface area contributed by atoms with E-state index >= 15 is 0 Å². The van der Waals surface area contributed by atoms with E-state index in [-0.39, 0.29) is 11.9 Å². The molecule has 1 aromatic heterocycles. The van der Waals surface area contributed by atoms with E-state index in [1.54, 1.807) is 0 Å². The Kier molecular flexibility index (Phi) is 4.94. The van der Waals surface area contributed by atoms with Gasteiger partial charge in [-0.05, 0) is 39.8 Å². The van der Waals surface area contributed by atoms with Crippen molar-refractivity contribution in [1.82, 2.24) is 10.3 Å². The average Bonchev–Trinajstić information content (AvgIpc) is 2.24. The number of anilines is 1. The lowest BCUT2D eigenvalue weighted by molar-refractivity contribution is -0.120. The normalized spacial score (nSPS) is 10.4. The zero-order valence-corrected chi connectivity index (χ0v) is 11.0. The molecule has 0 aliphatic heterocycles. The number of nitrogens with one attached hydrogen (secondary N) is 1. The van der Waals surface area contributed by atoms with E-state index < -0.39 is 0 Å². The smallest absolute Gasteiger partial charge is 0.239 e. The summed E-state index contributed by atoms with van der Waals surface area (Å²) in [7, 11) is 0. The largest absolute Gasteiger partial charge is 0.352 e. The average molecular weight is 235 g/mol. The predicted octanol–water partition coefficient (Wildman–Crippen LogP) is 1.74. The number of nitrogens with zero attached hydrogens (tertiary/aromatic N) is 2. The van der Waals surface area contributed by atoms with Crippen LogP contribution in [0.2, 0.25) is 0 Å². The SMILES string of the molecule is CCN(CC(=O)NC(C)C)c1cccc(C)n1. The summed E-state index contributed by atoms with van der Waals surface area (Å²) in [4.78, 5) is 18.1. The maximum atomic E-state index is 11.7. The summed E-state index contributed by atoms with van der Waals surface area (Å²) in [5, 5.41) is 2.88. The number of carbonyl (C=O) groups excluding carboxylic acids is 1. The molecule has 0 aliphatic carbocycles. The van der Waals surface area contributed by atoms with Gasteiger partial charge in [0.05, 0.1) is 6.54 Å². The molecule has 0 radical (unpaired) electrons. The van der Waals surface area contributed by atoms with Gasteiger partial charge in [0, 0.05) is 18.3 Å². The van der Waals surface area contributed by atoms with Crippen molar-refractivity contribution >= 4 is 11.7 Å². The number of likely N-dealkylation sites (N-methyl/N-ethyl adjacent to an activating group) is 1. The first kappa shape index (κ1) is 13.5. The molecule has 0 saturated heterocycles. The van der Waals surface area contributed by atoms with E-state index in [1.165, 1.54) is 0 Å². The standard InChI is InChI=1S/C13H21N3O/c1-5-16(9-13(17)14-10(2)3)12-8-6-7-11(4)15-12/h6-8,10H,5,9H2,1-4H3,(H,14,17). The third-order valence-corrected chi connectivity index (χ3v) is 2.36. The Hall–Kier alpha value is -1.58. The number of hydrogen-bond donors (Lipinski definition) is 1. The second-order valence-corrected chi connectivity index (χ2v) is 4.37. The van der Waals surface area contributed by atoms with Gasteiger partial charge in [-0.1, -0.05) is 6.07 Å². The van der Waals surface area contributed by atoms with Gasteiger partial charge in [-0.15, -0.1) is 0 Å². The Morgan fingerprint density at radius 3 is 2.71 bits per heavy atom. The third-order valence-electron chi connectivity index (χ3n) is 2.36. The van der Waals surface area contributed by atoms with Gasteiger partial charge >= 0.3 is 0 Å². The highest BCUT2D eigenvalue weighted by Crippen LogP contribution is 2.10. The first-order chi connectivity index (χ1) is 8.02. The molecule has 0 unspecified atom stereocenters. The quantitative estimate of drug-likeness (QED) is 0.845. The van der Waals surface area contributed by atoms with Crippen molar-refractivity contribution in [2.24, 2.45) is 0 Å². The molecular formula is C13H21N3O. The number of amides is 1. The lowest BCUT2D eigenvalue weighted by Crippen LogP contribution is -2.40. The minimum atomic E-state index is 0.0326. The Balaban J connectivity index is 2.69. The number of aryl methyl sites for hydroxylation is 1. The van der Waals surface area contributed by atoms with Crippen molar-refractivity contribution in [3.63, 3.8) is 0 Å². The van der Waals surface area contributed by atoms with Crippen molar-refractivity contribution in [3.8, 4) is 0 Å². The molecule has 0 spiro atoms. The molecule has 1 heterocycles. The molecule has 0 fully saturated rings. The monoisotopic (exact) mass is 235 g/mol. The van der Waals surface area contributed by atoms with Crippen LogP contribution in [0.4, 0.5) is 5.82 Å². The highest BCUT2D eigenvalue weighted by atomic mass is 16.2. The van der Waals surface area contributed by atoms with Crippen molar-refractivity contribution in [3.05, 3.63) is 23.9 Å². The summed E-state index contributed by atoms with van der Waals surface area (Å²) in [5.74, 6) is 0.886. The van der Waals surface area contributed by atoms with E-state index in [0.29, 0.717) is 6.54 Å². The van der Waals surface area contributed by atoms with Crippen LogP contribution < -0.4 is 10.2 Å². The molecule has 0 aromatic carbocycles. The first-order valence-corrected chi connectivity index (χ1v) is 6.01. The molecule has 1 amide bonds. The zero-order valence-electron chi connectivity index (χ0n) is 11.0. The highest BCUT2D eigenvalue weighted by Gasteiger charge is 2.11. The van der Waals surface area contributed by atoms with Gasteiger partial charge in [-0.3, -0.25) is 4.79 Å². The third kappa shape index (κ3) is 4.43. The van der Waals surface area contributed by atoms with Crippen molar-refractivity contribution < 1.29 is 4.79 Å². The van der Waals surface area contributed by atoms with Crippen LogP contribution in [0.5, 0.6) is 0 Å². The minimum Gasteiger partial charge on any atom is -0.352 e. The van der Waals surface area contributed by atoms with Gasteiger partial charge in [0.25, 0.3) is 0 Å². The molecule has 94 valence electrons. The molecule has 4 nitrogen and oxygen atoms in total. The Labute approximate surface area is 103 Å². The fourth-order valence-corrected chi connectivity index (χ4v) is 1.60. The molecule has 17 heavy (non-hydrogen) atoms. The van der Waals surface area contributed by atoms with Crippen LogP contribution in [-0.2, 0) is 4.79 Å². The number of hydrogen-bond acceptors (Lipinski definition) is 3. The Bertz CT molecular complexity index is 377. The molecular weight excluding hydrogens is 214 g/mol. The molecule has 1 rings (SSSR count). The van der Waals surface area contributed by atoms with Gasteiger partial charge in [-0.25, -0.2) is 4.98 Å². The van der Waals surface area contributed by atoms with Gasteiger partial charge in [0.1, 0.15) is 5.82 Å². The van der Waals surface area contributed by atoms with Crippen LogP contribution >= 0.6 is 0 Å². The van der Waals surface area contributed by atoms with Crippen molar-refractivity contribution in [2.45, 2.75) is 33.7 Å². The van der Waals surface area contributed by atoms with E-state index in [2.05, 4.69) is 10.3 Å². The van der Waals surface area contributed by atoms with Gasteiger partial charge in [0.15, 0.2) is 0 Å². The fraction of sp³-hybridized carbons (Fsp3) is 0.538. The van der Waals surface area contributed by atoms with Gasteiger partial charge in [-0.2, -0.15) is 0 Å². The van der Waals surface area contributed by atoms with E-state index in [0.717, 1.165) is 18.1 Å². The van der Waals surface area contributed by atoms with Crippen molar-refractivity contribution in [2.75, 3.05) is 18.0 Å². The van der Waals surface area contributed by atoms with E-state index in [9.17, 15) is 4.79 Å². The minimum absolute atomic E-state index is 0.0326. The summed E-state index contributed by atoms with van der Waals surface area (Å²) in [6.07, 6.45) is 0. The number of pyridine rings is 1. The van der Waals surface area contributed by atoms with Gasteiger partial charge < -0.3 is 10.2 Å². The summed E-state index contributed by atoms with van der Waals surface area (Å²) in [5.41, 5.74) is 0.963. The highest BCUT2D eigenvalue weighted by molar-refractivity contribution is 5.81. The van der Waals surface area contributed by atoms with Crippen LogP contribution in [-0.4, -0.2) is 30.0 Å². The summed E-state index contributed by atoms with van der Waals surface area (Å²) in [6.45, 7) is 9.00. The van der Waals surface area contributed by atoms with Crippen molar-refractivity contribution in [1.29, 1.82) is 0 Å². The first-order valence-electron chi connectivity index (χ1n) is 6.01. The van der Waals surface area contributed by atoms with Gasteiger partial charge in [0.2, 0.25) is 5.91 Å². The maximum absolute atomic E-state index is 11.7. The number of rotatable bonds is 5. The fourth-order valence-electron chi connectivity index (χ4n) is 1.60. The second-order valence-electron chi connectivity index (χ2n) is 4.37. The van der Waals surface area contributed by atoms with Crippen LogP contribution in [0.3, 0.4) is 0 Å². The lowest BCUT2D eigenvalue weighted by Gasteiger charge is -2.22. The van der Waals surface area contributed by atoms with Crippen LogP contribution in [0, 0.1) is 6.92 Å². The Morgan fingerprint density at radius 1 is 1.47 bits per heavy atom. The van der Waals surface area contributed by atoms with Crippen LogP contribution in [0.15, 0.2) is 18.2 Å². The maximum Gasteiger partial charge on any atom is 0.239 e. The topological polar surface area (TPSA) is 45.2 Å². The summed E-state index contributed by atoms with van der Waals surface area (Å²) >= 11 is 0. The summed E-state index contributed by atoms with van der Waals surface area (Å²) < 4.78 is 0. The predicted molar refractivity (Wildman–Crippen MR) is 70.1 cm³/mol. The number of carbonyl (C=O) groups is 1. The molecule has 1 N–H and O–H groups in total. The molecule has 0 bridgehead atoms. The molecule has 0 aliphatic rings.